The van der Waals surface area contributed by atoms with Crippen LogP contribution in [0.25, 0.3) is 0 Å². The second-order valence-electron chi connectivity index (χ2n) is 26.8. The molecule has 0 aliphatic carbocycles. The fourth-order valence-corrected chi connectivity index (χ4v) is 12.6. The van der Waals surface area contributed by atoms with Crippen LogP contribution in [0.3, 0.4) is 0 Å². The molecule has 99 heavy (non-hydrogen) atoms. The first-order chi connectivity index (χ1) is 48.2. The van der Waals surface area contributed by atoms with Crippen molar-refractivity contribution < 1.29 is 75.8 Å². The highest BCUT2D eigenvalue weighted by Crippen LogP contribution is 2.45. The van der Waals surface area contributed by atoms with E-state index in [1.54, 1.807) is 0 Å². The summed E-state index contributed by atoms with van der Waals surface area (Å²) in [7, 11) is -9.78. The van der Waals surface area contributed by atoms with Crippen LogP contribution in [-0.2, 0) is 55.8 Å². The van der Waals surface area contributed by atoms with Crippen LogP contribution in [0.1, 0.15) is 355 Å². The molecule has 0 fully saturated rings. The highest BCUT2D eigenvalue weighted by molar-refractivity contribution is 7.47. The quantitative estimate of drug-likeness (QED) is 0.0146. The first-order valence-electron chi connectivity index (χ1n) is 39.9. The third-order valence-electron chi connectivity index (χ3n) is 17.1. The third-order valence-corrected chi connectivity index (χ3v) is 19.0. The zero-order valence-corrected chi connectivity index (χ0v) is 64.7. The molecule has 0 aromatic rings. The molecule has 0 saturated heterocycles. The molecular weight excluding hydrogens is 1290 g/mol. The number of rotatable bonds is 76. The number of ether oxygens (including phenoxy) is 3. The zero-order valence-electron chi connectivity index (χ0n) is 62.9. The Morgan fingerprint density at radius 1 is 0.293 bits per heavy atom. The van der Waals surface area contributed by atoms with Crippen molar-refractivity contribution in [3.05, 3.63) is 85.1 Å². The summed E-state index contributed by atoms with van der Waals surface area (Å²) in [6.45, 7) is 2.58. The predicted octanol–water partition coefficient (Wildman–Crippen LogP) is 23.2. The van der Waals surface area contributed by atoms with Crippen LogP contribution in [0.4, 0.5) is 0 Å². The number of esters is 3. The number of unbranched alkanes of at least 4 members (excludes halogenated alkanes) is 39. The van der Waals surface area contributed by atoms with Gasteiger partial charge in [0.05, 0.1) is 26.4 Å². The van der Waals surface area contributed by atoms with Crippen LogP contribution in [0.15, 0.2) is 85.1 Å². The highest BCUT2D eigenvalue weighted by atomic mass is 31.2. The standard InChI is InChI=1S/C81H146O16P2/c1-4-7-10-13-16-19-22-25-28-29-30-31-32-33-34-35-36-37-38-39-40-41-42-43-44-45-48-50-52-55-58-61-64-67-79(84)91-70-76(82)71-93-98(87,88)94-72-77(83)73-95-99(89,90)96-75-78(97-81(86)69-66-63-60-57-54-51-47-27-24-21-18-15-12-9-6-3)74-92-80(85)68-65-62-59-56-53-49-46-26-23-20-17-14-11-8-5-2/h7,10,16,19,25-28,30-31,33-34,46-47,76-78,82-83H,4-6,8-9,11-15,17-18,20-24,29,32,35-45,48-75H2,1-3H3,(H,87,88)(H,89,90)/b10-7-,19-16-,28-25-,31-30-,34-33-,46-26-,47-27-. The molecule has 0 saturated carbocycles. The van der Waals surface area contributed by atoms with Gasteiger partial charge in [-0.15, -0.1) is 0 Å². The summed E-state index contributed by atoms with van der Waals surface area (Å²) in [4.78, 5) is 58.5. The topological polar surface area (TPSA) is 231 Å². The summed E-state index contributed by atoms with van der Waals surface area (Å²) in [5.74, 6) is -1.58. The molecule has 4 N–H and O–H groups in total. The second-order valence-corrected chi connectivity index (χ2v) is 29.7. The molecular formula is C81H146O16P2. The lowest BCUT2D eigenvalue weighted by molar-refractivity contribution is -0.161. The minimum absolute atomic E-state index is 0.0964. The average molecular weight is 1440 g/mol. The normalized spacial score (nSPS) is 14.5. The second kappa shape index (κ2) is 74.4. The monoisotopic (exact) mass is 1440 g/mol. The van der Waals surface area contributed by atoms with Crippen LogP contribution in [0.5, 0.6) is 0 Å². The van der Waals surface area contributed by atoms with E-state index in [2.05, 4.69) is 106 Å². The summed E-state index contributed by atoms with van der Waals surface area (Å²) < 4.78 is 61.1. The highest BCUT2D eigenvalue weighted by Gasteiger charge is 2.29. The van der Waals surface area contributed by atoms with Gasteiger partial charge >= 0.3 is 33.6 Å². The van der Waals surface area contributed by atoms with Crippen molar-refractivity contribution in [1.82, 2.24) is 0 Å². The van der Waals surface area contributed by atoms with Gasteiger partial charge < -0.3 is 34.2 Å². The molecule has 0 rings (SSSR count). The van der Waals surface area contributed by atoms with Crippen LogP contribution < -0.4 is 0 Å². The molecule has 0 aromatic carbocycles. The Labute approximate surface area is 604 Å². The number of allylic oxidation sites excluding steroid dienone is 14. The van der Waals surface area contributed by atoms with Crippen molar-refractivity contribution >= 4 is 33.6 Å². The molecule has 0 amide bonds. The van der Waals surface area contributed by atoms with Gasteiger partial charge in [0, 0.05) is 19.3 Å². The number of phosphoric ester groups is 2. The Balaban J connectivity index is 4.38. The molecule has 0 spiro atoms. The Bertz CT molecular complexity index is 2140. The fraction of sp³-hybridized carbons (Fsp3) is 0.790. The SMILES string of the molecule is CC/C=C\C/C=C\C/C=C\C/C=C\C/C=C\CCCCCCCCCCCCCCCCCCCC(=O)OCC(O)COP(=O)(O)OCC(O)COP(=O)(O)OCC(COC(=O)CCCCCCC/C=C\CCCCCCCC)OC(=O)CCCCCCC/C=C\CCCCCCCC. The minimum Gasteiger partial charge on any atom is -0.463 e. The lowest BCUT2D eigenvalue weighted by Gasteiger charge is -2.21. The molecule has 16 nitrogen and oxygen atoms in total. The van der Waals surface area contributed by atoms with Crippen molar-refractivity contribution in [3.8, 4) is 0 Å². The molecule has 0 aromatic heterocycles. The van der Waals surface area contributed by atoms with Crippen LogP contribution >= 0.6 is 15.6 Å². The number of carbonyl (C=O) groups is 3. The number of hydrogen-bond donors (Lipinski definition) is 4. The van der Waals surface area contributed by atoms with E-state index in [4.69, 9.17) is 32.3 Å². The fourth-order valence-electron chi connectivity index (χ4n) is 11.0. The zero-order chi connectivity index (χ0) is 72.3. The summed E-state index contributed by atoms with van der Waals surface area (Å²) in [5.41, 5.74) is 0. The molecule has 0 radical (unpaired) electrons. The van der Waals surface area contributed by atoms with Gasteiger partial charge in [0.15, 0.2) is 6.10 Å². The van der Waals surface area contributed by atoms with E-state index >= 15 is 0 Å². The van der Waals surface area contributed by atoms with E-state index in [0.29, 0.717) is 19.3 Å². The van der Waals surface area contributed by atoms with Crippen LogP contribution in [-0.4, -0.2) is 95.9 Å². The molecule has 5 unspecified atom stereocenters. The Morgan fingerprint density at radius 3 is 0.859 bits per heavy atom. The molecule has 0 aliphatic rings. The maximum atomic E-state index is 12.9. The van der Waals surface area contributed by atoms with Gasteiger partial charge in [-0.2, -0.15) is 0 Å². The molecule has 0 heterocycles. The number of carbonyl (C=O) groups excluding carboxylic acids is 3. The van der Waals surface area contributed by atoms with Crippen molar-refractivity contribution in [2.45, 2.75) is 373 Å². The summed E-state index contributed by atoms with van der Waals surface area (Å²) in [6, 6.07) is 0. The van der Waals surface area contributed by atoms with Gasteiger partial charge in [0.2, 0.25) is 0 Å². The summed E-state index contributed by atoms with van der Waals surface area (Å²) in [6.07, 6.45) is 83.6. The lowest BCUT2D eigenvalue weighted by atomic mass is 10.0. The Hall–Kier alpha value is -3.27. The molecule has 5 atom stereocenters. The van der Waals surface area contributed by atoms with Crippen molar-refractivity contribution in [2.24, 2.45) is 0 Å². The van der Waals surface area contributed by atoms with E-state index in [0.717, 1.165) is 128 Å². The molecule has 576 valence electrons. The molecule has 0 aliphatic heterocycles. The van der Waals surface area contributed by atoms with Gasteiger partial charge in [-0.3, -0.25) is 32.5 Å². The van der Waals surface area contributed by atoms with Gasteiger partial charge in [-0.05, 0) is 116 Å². The van der Waals surface area contributed by atoms with Crippen LogP contribution in [0, 0.1) is 0 Å². The van der Waals surface area contributed by atoms with Gasteiger partial charge in [0.25, 0.3) is 0 Å². The summed E-state index contributed by atoms with van der Waals surface area (Å²) >= 11 is 0. The van der Waals surface area contributed by atoms with E-state index < -0.39 is 91.5 Å². The van der Waals surface area contributed by atoms with Crippen LogP contribution in [0.2, 0.25) is 0 Å². The van der Waals surface area contributed by atoms with Gasteiger partial charge in [-0.25, -0.2) is 9.13 Å². The van der Waals surface area contributed by atoms with E-state index in [1.165, 1.54) is 167 Å². The van der Waals surface area contributed by atoms with E-state index in [1.807, 2.05) is 0 Å². The third kappa shape index (κ3) is 75.7. The maximum Gasteiger partial charge on any atom is 0.472 e. The Morgan fingerprint density at radius 2 is 0.535 bits per heavy atom. The van der Waals surface area contributed by atoms with Gasteiger partial charge in [0.1, 0.15) is 25.4 Å². The molecule has 0 bridgehead atoms. The van der Waals surface area contributed by atoms with E-state index in [-0.39, 0.29) is 19.3 Å². The smallest absolute Gasteiger partial charge is 0.463 e. The largest absolute Gasteiger partial charge is 0.472 e. The number of hydrogen-bond acceptors (Lipinski definition) is 14. The van der Waals surface area contributed by atoms with Crippen molar-refractivity contribution in [3.63, 3.8) is 0 Å². The lowest BCUT2D eigenvalue weighted by Crippen LogP contribution is -2.30. The number of phosphoric acid groups is 2. The maximum absolute atomic E-state index is 12.9. The number of aliphatic hydroxyl groups is 2. The summed E-state index contributed by atoms with van der Waals surface area (Å²) in [5, 5.41) is 20.6. The van der Waals surface area contributed by atoms with Gasteiger partial charge in [-0.1, -0.05) is 305 Å². The van der Waals surface area contributed by atoms with Crippen molar-refractivity contribution in [1.29, 1.82) is 0 Å². The predicted molar refractivity (Wildman–Crippen MR) is 408 cm³/mol. The first-order valence-corrected chi connectivity index (χ1v) is 42.9. The molecule has 18 heteroatoms. The minimum atomic E-state index is -4.93. The van der Waals surface area contributed by atoms with Crippen molar-refractivity contribution in [2.75, 3.05) is 39.6 Å². The Kier molecular flexibility index (Phi) is 72.0. The average Bonchev–Trinajstić information content (AvgIpc) is 1.43. The first kappa shape index (κ1) is 95.7. The van der Waals surface area contributed by atoms with E-state index in [9.17, 15) is 43.5 Å². The number of aliphatic hydroxyl groups excluding tert-OH is 2.